The Hall–Kier alpha value is -2.08. The lowest BCUT2D eigenvalue weighted by Gasteiger charge is -2.29. The molecule has 0 bridgehead atoms. The summed E-state index contributed by atoms with van der Waals surface area (Å²) in [5.41, 5.74) is 3.14. The Balaban J connectivity index is 1.51. The number of nitrogens with one attached hydrogen (secondary N) is 1. The Morgan fingerprint density at radius 3 is 2.77 bits per heavy atom. The Morgan fingerprint density at radius 2 is 2.08 bits per heavy atom. The fraction of sp³-hybridized carbons (Fsp3) is 0.600. The summed E-state index contributed by atoms with van der Waals surface area (Å²) in [4.78, 5) is 19.6. The molecule has 0 radical (unpaired) electrons. The van der Waals surface area contributed by atoms with Crippen LogP contribution in [0, 0.1) is 11.3 Å². The van der Waals surface area contributed by atoms with Gasteiger partial charge in [-0.05, 0) is 42.7 Å². The number of imidazole rings is 1. The van der Waals surface area contributed by atoms with Crippen LogP contribution in [0.4, 0.5) is 10.5 Å². The molecule has 6 nitrogen and oxygen atoms in total. The van der Waals surface area contributed by atoms with Crippen molar-refractivity contribution in [2.24, 2.45) is 11.3 Å². The average Bonchev–Trinajstić information content (AvgIpc) is 3.26. The van der Waals surface area contributed by atoms with Crippen molar-refractivity contribution in [3.8, 4) is 0 Å². The minimum Gasteiger partial charge on any atom is -0.378 e. The summed E-state index contributed by atoms with van der Waals surface area (Å²) in [7, 11) is 0. The van der Waals surface area contributed by atoms with Crippen molar-refractivity contribution in [2.75, 3.05) is 37.7 Å². The normalized spacial score (nSPS) is 19.1. The van der Waals surface area contributed by atoms with Gasteiger partial charge in [0.2, 0.25) is 0 Å². The molecule has 1 aromatic heterocycles. The van der Waals surface area contributed by atoms with Gasteiger partial charge in [-0.1, -0.05) is 19.9 Å². The molecule has 2 fully saturated rings. The van der Waals surface area contributed by atoms with Crippen molar-refractivity contribution >= 4 is 22.8 Å². The lowest BCUT2D eigenvalue weighted by atomic mass is 9.94. The van der Waals surface area contributed by atoms with Gasteiger partial charge in [-0.2, -0.15) is 0 Å². The number of hydrogen-bond donors (Lipinski definition) is 1. The lowest BCUT2D eigenvalue weighted by molar-refractivity contribution is 0.123. The molecule has 6 heteroatoms. The van der Waals surface area contributed by atoms with E-state index in [4.69, 9.17) is 4.74 Å². The Bertz CT molecular complexity index is 788. The van der Waals surface area contributed by atoms with E-state index in [0.29, 0.717) is 11.3 Å². The number of anilines is 1. The first-order valence-corrected chi connectivity index (χ1v) is 9.65. The number of carbonyl (C=O) groups excluding carboxylic acids is 1. The number of carbonyl (C=O) groups is 1. The zero-order valence-electron chi connectivity index (χ0n) is 15.7. The maximum atomic E-state index is 12.7. The fourth-order valence-corrected chi connectivity index (χ4v) is 4.09. The van der Waals surface area contributed by atoms with E-state index in [9.17, 15) is 4.79 Å². The van der Waals surface area contributed by atoms with E-state index in [1.165, 1.54) is 19.3 Å². The molecule has 1 amide bonds. The van der Waals surface area contributed by atoms with Crippen LogP contribution in [0.3, 0.4) is 0 Å². The average molecular weight is 356 g/mol. The van der Waals surface area contributed by atoms with E-state index in [-0.39, 0.29) is 6.03 Å². The number of morpholine rings is 1. The Labute approximate surface area is 154 Å². The van der Waals surface area contributed by atoms with Crippen LogP contribution in [0.2, 0.25) is 0 Å². The first-order valence-electron chi connectivity index (χ1n) is 9.65. The van der Waals surface area contributed by atoms with Gasteiger partial charge >= 0.3 is 6.03 Å². The second-order valence-electron chi connectivity index (χ2n) is 8.12. The second kappa shape index (κ2) is 6.91. The number of fused-ring (bicyclic) bond motifs is 1. The van der Waals surface area contributed by atoms with Crippen LogP contribution in [-0.2, 0) is 4.74 Å². The quantitative estimate of drug-likeness (QED) is 0.893. The maximum Gasteiger partial charge on any atom is 0.327 e. The third kappa shape index (κ3) is 3.43. The van der Waals surface area contributed by atoms with Gasteiger partial charge in [0.05, 0.1) is 24.4 Å². The summed E-state index contributed by atoms with van der Waals surface area (Å²) in [6.07, 6.45) is 5.26. The van der Waals surface area contributed by atoms with Crippen LogP contribution in [0.15, 0.2) is 24.5 Å². The molecule has 0 unspecified atom stereocenters. The molecule has 1 N–H and O–H groups in total. The molecule has 4 rings (SSSR count). The van der Waals surface area contributed by atoms with E-state index >= 15 is 0 Å². The molecule has 140 valence electrons. The topological polar surface area (TPSA) is 59.4 Å². The first kappa shape index (κ1) is 17.3. The minimum atomic E-state index is -0.0818. The standard InChI is InChI=1S/C20H28N4O2/c1-15(2)12-20(6-7-20)13-21-19(25)24-14-22-18-16(4-3-5-17(18)24)23-8-10-26-11-9-23/h3-5,14-15H,6-13H2,1-2H3,(H,21,25). The lowest BCUT2D eigenvalue weighted by Crippen LogP contribution is -2.36. The third-order valence-electron chi connectivity index (χ3n) is 5.54. The highest BCUT2D eigenvalue weighted by atomic mass is 16.5. The predicted molar refractivity (Wildman–Crippen MR) is 103 cm³/mol. The number of rotatable bonds is 5. The van der Waals surface area contributed by atoms with Gasteiger partial charge < -0.3 is 15.0 Å². The van der Waals surface area contributed by atoms with Gasteiger partial charge in [-0.15, -0.1) is 0 Å². The smallest absolute Gasteiger partial charge is 0.327 e. The van der Waals surface area contributed by atoms with Crippen molar-refractivity contribution < 1.29 is 9.53 Å². The highest BCUT2D eigenvalue weighted by Gasteiger charge is 2.42. The maximum absolute atomic E-state index is 12.7. The van der Waals surface area contributed by atoms with Crippen LogP contribution in [0.25, 0.3) is 11.0 Å². The largest absolute Gasteiger partial charge is 0.378 e. The van der Waals surface area contributed by atoms with Gasteiger partial charge in [0, 0.05) is 19.6 Å². The van der Waals surface area contributed by atoms with Crippen LogP contribution < -0.4 is 10.2 Å². The molecule has 2 heterocycles. The van der Waals surface area contributed by atoms with E-state index in [0.717, 1.165) is 49.6 Å². The van der Waals surface area contributed by atoms with Crippen LogP contribution in [0.1, 0.15) is 33.1 Å². The molecule has 2 aromatic rings. The van der Waals surface area contributed by atoms with Gasteiger partial charge in [0.1, 0.15) is 11.8 Å². The SMILES string of the molecule is CC(C)CC1(CNC(=O)n2cnc3c(N4CCOCC4)cccc32)CC1. The summed E-state index contributed by atoms with van der Waals surface area (Å²) < 4.78 is 7.09. The summed E-state index contributed by atoms with van der Waals surface area (Å²) in [5.74, 6) is 0.666. The molecular weight excluding hydrogens is 328 g/mol. The Morgan fingerprint density at radius 1 is 1.31 bits per heavy atom. The van der Waals surface area contributed by atoms with E-state index in [2.05, 4.69) is 35.1 Å². The molecule has 26 heavy (non-hydrogen) atoms. The highest BCUT2D eigenvalue weighted by molar-refractivity contribution is 5.95. The molecule has 1 aliphatic carbocycles. The monoisotopic (exact) mass is 356 g/mol. The van der Waals surface area contributed by atoms with E-state index in [1.807, 2.05) is 12.1 Å². The molecule has 0 atom stereocenters. The zero-order valence-corrected chi connectivity index (χ0v) is 15.7. The minimum absolute atomic E-state index is 0.0818. The van der Waals surface area contributed by atoms with Crippen molar-refractivity contribution in [3.63, 3.8) is 0 Å². The van der Waals surface area contributed by atoms with Crippen LogP contribution in [0.5, 0.6) is 0 Å². The molecule has 1 saturated carbocycles. The highest BCUT2D eigenvalue weighted by Crippen LogP contribution is 2.50. The summed E-state index contributed by atoms with van der Waals surface area (Å²) in [6, 6.07) is 5.96. The number of hydrogen-bond acceptors (Lipinski definition) is 4. The number of ether oxygens (including phenoxy) is 1. The van der Waals surface area contributed by atoms with E-state index < -0.39 is 0 Å². The van der Waals surface area contributed by atoms with Crippen molar-refractivity contribution in [2.45, 2.75) is 33.1 Å². The number of aromatic nitrogens is 2. The Kier molecular flexibility index (Phi) is 4.61. The summed E-state index contributed by atoms with van der Waals surface area (Å²) in [6.45, 7) is 8.43. The summed E-state index contributed by atoms with van der Waals surface area (Å²) >= 11 is 0. The molecule has 0 spiro atoms. The summed E-state index contributed by atoms with van der Waals surface area (Å²) in [5, 5.41) is 3.13. The van der Waals surface area contributed by atoms with Crippen LogP contribution >= 0.6 is 0 Å². The third-order valence-corrected chi connectivity index (χ3v) is 5.54. The van der Waals surface area contributed by atoms with E-state index in [1.54, 1.807) is 10.9 Å². The molecular formula is C20H28N4O2. The predicted octanol–water partition coefficient (Wildman–Crippen LogP) is 3.26. The van der Waals surface area contributed by atoms with Gasteiger partial charge in [-0.25, -0.2) is 9.78 Å². The van der Waals surface area contributed by atoms with Crippen molar-refractivity contribution in [3.05, 3.63) is 24.5 Å². The zero-order chi connectivity index (χ0) is 18.1. The molecule has 1 saturated heterocycles. The van der Waals surface area contributed by atoms with Gasteiger partial charge in [-0.3, -0.25) is 4.57 Å². The number of benzene rings is 1. The van der Waals surface area contributed by atoms with Crippen molar-refractivity contribution in [1.82, 2.24) is 14.9 Å². The van der Waals surface area contributed by atoms with Crippen molar-refractivity contribution in [1.29, 1.82) is 0 Å². The molecule has 1 aromatic carbocycles. The number of para-hydroxylation sites is 1. The molecule has 2 aliphatic rings. The second-order valence-corrected chi connectivity index (χ2v) is 8.12. The molecule has 1 aliphatic heterocycles. The van der Waals surface area contributed by atoms with Gasteiger partial charge in [0.25, 0.3) is 0 Å². The first-order chi connectivity index (χ1) is 12.6. The fourth-order valence-electron chi connectivity index (χ4n) is 4.09. The number of amides is 1. The van der Waals surface area contributed by atoms with Gasteiger partial charge in [0.15, 0.2) is 0 Å². The van der Waals surface area contributed by atoms with Crippen LogP contribution in [-0.4, -0.2) is 48.4 Å². The number of nitrogens with zero attached hydrogens (tertiary/aromatic N) is 3.